The van der Waals surface area contributed by atoms with Crippen molar-refractivity contribution in [3.05, 3.63) is 0 Å². The van der Waals surface area contributed by atoms with Crippen LogP contribution in [0.3, 0.4) is 0 Å². The van der Waals surface area contributed by atoms with Crippen LogP contribution in [-0.2, 0) is 0 Å². The van der Waals surface area contributed by atoms with Gasteiger partial charge in [0.05, 0.1) is 0 Å². The number of hydrogen-bond donors (Lipinski definition) is 0. The van der Waals surface area contributed by atoms with E-state index in [2.05, 4.69) is 76.2 Å². The van der Waals surface area contributed by atoms with Gasteiger partial charge < -0.3 is 0 Å². The van der Waals surface area contributed by atoms with Crippen LogP contribution in [0.2, 0.25) is 0 Å². The van der Waals surface area contributed by atoms with Gasteiger partial charge >= 0.3 is 0 Å². The Labute approximate surface area is 154 Å². The molecular formula is C24H48. The van der Waals surface area contributed by atoms with Crippen molar-refractivity contribution in [3.63, 3.8) is 0 Å². The van der Waals surface area contributed by atoms with Crippen LogP contribution >= 0.6 is 0 Å². The van der Waals surface area contributed by atoms with Crippen LogP contribution in [-0.4, -0.2) is 0 Å². The van der Waals surface area contributed by atoms with E-state index in [0.29, 0.717) is 10.8 Å². The Kier molecular flexibility index (Phi) is 7.47. The van der Waals surface area contributed by atoms with E-state index >= 15 is 0 Å². The third-order valence-corrected chi connectivity index (χ3v) is 8.93. The molecule has 1 fully saturated rings. The van der Waals surface area contributed by atoms with Crippen molar-refractivity contribution in [2.75, 3.05) is 0 Å². The van der Waals surface area contributed by atoms with Crippen LogP contribution in [0.4, 0.5) is 0 Å². The zero-order chi connectivity index (χ0) is 18.9. The van der Waals surface area contributed by atoms with Gasteiger partial charge in [0.1, 0.15) is 0 Å². The number of hydrogen-bond acceptors (Lipinski definition) is 0. The lowest BCUT2D eigenvalue weighted by molar-refractivity contribution is -0.161. The van der Waals surface area contributed by atoms with E-state index in [1.165, 1.54) is 25.7 Å². The third-order valence-electron chi connectivity index (χ3n) is 8.93. The summed E-state index contributed by atoms with van der Waals surface area (Å²) in [4.78, 5) is 0. The molecule has 0 aromatic rings. The van der Waals surface area contributed by atoms with Gasteiger partial charge in [-0.15, -0.1) is 0 Å². The second-order valence-electron chi connectivity index (χ2n) is 10.1. The zero-order valence-corrected chi connectivity index (χ0v) is 18.9. The molecule has 0 N–H and O–H groups in total. The fourth-order valence-electron chi connectivity index (χ4n) is 7.43. The highest BCUT2D eigenvalue weighted by Crippen LogP contribution is 2.64. The highest BCUT2D eigenvalue weighted by Gasteiger charge is 2.58. The van der Waals surface area contributed by atoms with E-state index in [0.717, 1.165) is 41.4 Å². The first-order chi connectivity index (χ1) is 11.1. The minimum absolute atomic E-state index is 0.455. The van der Waals surface area contributed by atoms with Crippen LogP contribution in [0.25, 0.3) is 0 Å². The Morgan fingerprint density at radius 2 is 1.50 bits per heavy atom. The molecule has 7 atom stereocenters. The zero-order valence-electron chi connectivity index (χ0n) is 18.9. The maximum atomic E-state index is 2.63. The van der Waals surface area contributed by atoms with Crippen molar-refractivity contribution in [2.24, 2.45) is 52.3 Å². The monoisotopic (exact) mass is 336 g/mol. The van der Waals surface area contributed by atoms with E-state index in [4.69, 9.17) is 0 Å². The smallest absolute Gasteiger partial charge is 0.0215 e. The normalized spacial score (nSPS) is 39.2. The third kappa shape index (κ3) is 3.33. The molecule has 0 amide bonds. The lowest BCUT2D eigenvalue weighted by Gasteiger charge is -2.64. The topological polar surface area (TPSA) is 0 Å². The summed E-state index contributed by atoms with van der Waals surface area (Å²) in [5.74, 6) is 5.87. The summed E-state index contributed by atoms with van der Waals surface area (Å²) < 4.78 is 0. The van der Waals surface area contributed by atoms with Gasteiger partial charge in [0, 0.05) is 0 Å². The molecule has 1 aliphatic carbocycles. The standard InChI is InChI=1S/C24H48/c1-12-17(7)21-18(8)22(23(10,11)14-3)20(13-2)19(9)24(21,15-4)16(5)6/h16-22H,12-15H2,1-11H3. The Balaban J connectivity index is 3.56. The van der Waals surface area contributed by atoms with Crippen molar-refractivity contribution in [3.8, 4) is 0 Å². The lowest BCUT2D eigenvalue weighted by atomic mass is 9.41. The van der Waals surface area contributed by atoms with Crippen molar-refractivity contribution < 1.29 is 0 Å². The molecule has 0 spiro atoms. The van der Waals surface area contributed by atoms with Crippen LogP contribution in [0.15, 0.2) is 0 Å². The van der Waals surface area contributed by atoms with Gasteiger partial charge in [0.2, 0.25) is 0 Å². The first-order valence-corrected chi connectivity index (χ1v) is 11.1. The van der Waals surface area contributed by atoms with E-state index in [1.54, 1.807) is 0 Å². The largest absolute Gasteiger partial charge is 0.0651 e. The van der Waals surface area contributed by atoms with Gasteiger partial charge in [-0.1, -0.05) is 95.4 Å². The fourth-order valence-corrected chi connectivity index (χ4v) is 7.43. The van der Waals surface area contributed by atoms with Crippen LogP contribution < -0.4 is 0 Å². The molecular weight excluding hydrogens is 288 g/mol. The summed E-state index contributed by atoms with van der Waals surface area (Å²) in [7, 11) is 0. The second kappa shape index (κ2) is 8.13. The van der Waals surface area contributed by atoms with Gasteiger partial charge in [0.25, 0.3) is 0 Å². The molecule has 0 heteroatoms. The summed E-state index contributed by atoms with van der Waals surface area (Å²) in [5, 5.41) is 0. The van der Waals surface area contributed by atoms with Gasteiger partial charge in [0.15, 0.2) is 0 Å². The van der Waals surface area contributed by atoms with Gasteiger partial charge in [-0.2, -0.15) is 0 Å². The maximum absolute atomic E-state index is 2.63. The minimum atomic E-state index is 0.455. The maximum Gasteiger partial charge on any atom is -0.0215 e. The van der Waals surface area contributed by atoms with Crippen LogP contribution in [0.1, 0.15) is 102 Å². The highest BCUT2D eigenvalue weighted by atomic mass is 14.6. The molecule has 0 nitrogen and oxygen atoms in total. The van der Waals surface area contributed by atoms with Gasteiger partial charge in [-0.05, 0) is 58.7 Å². The molecule has 0 aromatic heterocycles. The van der Waals surface area contributed by atoms with E-state index in [9.17, 15) is 0 Å². The first-order valence-electron chi connectivity index (χ1n) is 11.1. The summed E-state index contributed by atoms with van der Waals surface area (Å²) in [6.45, 7) is 27.7. The molecule has 0 bridgehead atoms. The summed E-state index contributed by atoms with van der Waals surface area (Å²) >= 11 is 0. The molecule has 144 valence electrons. The quantitative estimate of drug-likeness (QED) is 0.441. The Morgan fingerprint density at radius 3 is 1.83 bits per heavy atom. The number of rotatable bonds is 7. The molecule has 1 rings (SSSR count). The molecule has 0 aromatic carbocycles. The minimum Gasteiger partial charge on any atom is -0.0651 e. The predicted octanol–water partition coefficient (Wildman–Crippen LogP) is 8.07. The van der Waals surface area contributed by atoms with Crippen molar-refractivity contribution in [1.29, 1.82) is 0 Å². The summed E-state index contributed by atoms with van der Waals surface area (Å²) in [5.41, 5.74) is 0.965. The van der Waals surface area contributed by atoms with E-state index in [-0.39, 0.29) is 0 Å². The summed E-state index contributed by atoms with van der Waals surface area (Å²) in [6.07, 6.45) is 5.33. The van der Waals surface area contributed by atoms with E-state index < -0.39 is 0 Å². The van der Waals surface area contributed by atoms with Crippen molar-refractivity contribution >= 4 is 0 Å². The van der Waals surface area contributed by atoms with Crippen molar-refractivity contribution in [2.45, 2.75) is 102 Å². The van der Waals surface area contributed by atoms with E-state index in [1.807, 2.05) is 0 Å². The molecule has 1 saturated carbocycles. The van der Waals surface area contributed by atoms with Crippen LogP contribution in [0.5, 0.6) is 0 Å². The molecule has 1 aliphatic rings. The average molecular weight is 337 g/mol. The SMILES string of the molecule is CCC(C)C1C(C)C(C(C)(C)CC)C(CC)C(C)C1(CC)C(C)C. The Morgan fingerprint density at radius 1 is 0.958 bits per heavy atom. The molecule has 7 unspecified atom stereocenters. The van der Waals surface area contributed by atoms with Gasteiger partial charge in [-0.3, -0.25) is 0 Å². The molecule has 0 radical (unpaired) electrons. The predicted molar refractivity (Wildman–Crippen MR) is 110 cm³/mol. The molecule has 24 heavy (non-hydrogen) atoms. The lowest BCUT2D eigenvalue weighted by Crippen LogP contribution is -2.58. The fraction of sp³-hybridized carbons (Fsp3) is 1.00. The molecule has 0 aliphatic heterocycles. The average Bonchev–Trinajstić information content (AvgIpc) is 2.54. The molecule has 0 saturated heterocycles. The second-order valence-corrected chi connectivity index (χ2v) is 10.1. The molecule has 0 heterocycles. The van der Waals surface area contributed by atoms with Gasteiger partial charge in [-0.25, -0.2) is 0 Å². The van der Waals surface area contributed by atoms with Crippen LogP contribution in [0, 0.1) is 52.3 Å². The Hall–Kier alpha value is 0. The highest BCUT2D eigenvalue weighted by molar-refractivity contribution is 5.06. The summed E-state index contributed by atoms with van der Waals surface area (Å²) in [6, 6.07) is 0. The first kappa shape index (κ1) is 22.0. The Bertz CT molecular complexity index is 379. The van der Waals surface area contributed by atoms with Crippen molar-refractivity contribution in [1.82, 2.24) is 0 Å².